The minimum atomic E-state index is -0.280. The Balaban J connectivity index is 2.06. The van der Waals surface area contributed by atoms with Crippen molar-refractivity contribution in [2.75, 3.05) is 5.32 Å². The molecule has 0 unspecified atom stereocenters. The number of halogens is 1. The topological polar surface area (TPSA) is 59.0 Å². The van der Waals surface area contributed by atoms with Crippen LogP contribution in [0.1, 0.15) is 12.5 Å². The van der Waals surface area contributed by atoms with Crippen LogP contribution in [0.4, 0.5) is 10.3 Å². The maximum Gasteiger partial charge on any atom is 0.302 e. The van der Waals surface area contributed by atoms with Gasteiger partial charge in [0.25, 0.3) is 6.20 Å². The van der Waals surface area contributed by atoms with Gasteiger partial charge in [0.05, 0.1) is 0 Å². The van der Waals surface area contributed by atoms with E-state index in [2.05, 4.69) is 10.6 Å². The Hall–Kier alpha value is -2.24. The van der Waals surface area contributed by atoms with E-state index in [-0.39, 0.29) is 17.6 Å². The number of amides is 1. The van der Waals surface area contributed by atoms with E-state index in [9.17, 15) is 9.18 Å². The summed E-state index contributed by atoms with van der Waals surface area (Å²) in [6.45, 7) is 1.83. The summed E-state index contributed by atoms with van der Waals surface area (Å²) in [6.07, 6.45) is 1.56. The lowest BCUT2D eigenvalue weighted by Crippen LogP contribution is -2.35. The van der Waals surface area contributed by atoms with Gasteiger partial charge in [-0.25, -0.2) is 4.39 Å². The van der Waals surface area contributed by atoms with E-state index in [0.717, 1.165) is 5.56 Å². The van der Waals surface area contributed by atoms with Gasteiger partial charge in [0.1, 0.15) is 5.82 Å². The van der Waals surface area contributed by atoms with Crippen molar-refractivity contribution in [2.24, 2.45) is 0 Å². The van der Waals surface area contributed by atoms with Crippen molar-refractivity contribution in [3.8, 4) is 0 Å². The van der Waals surface area contributed by atoms with Crippen LogP contribution < -0.4 is 10.00 Å². The van der Waals surface area contributed by atoms with Gasteiger partial charge in [-0.05, 0) is 28.9 Å². The zero-order valence-corrected chi connectivity index (χ0v) is 9.18. The maximum absolute atomic E-state index is 12.7. The summed E-state index contributed by atoms with van der Waals surface area (Å²) in [7, 11) is 0. The summed E-state index contributed by atoms with van der Waals surface area (Å²) in [6, 6.07) is 6.08. The number of carbonyl (C=O) groups is 1. The summed E-state index contributed by atoms with van der Waals surface area (Å²) in [4.78, 5) is 10.8. The fourth-order valence-corrected chi connectivity index (χ4v) is 1.36. The SMILES string of the molecule is CC(=O)Nc1c[n+](Cc2ccc(F)cc2)no1. The number of nitrogens with one attached hydrogen (secondary N) is 1. The number of rotatable bonds is 3. The second kappa shape index (κ2) is 4.73. The molecule has 0 aliphatic carbocycles. The number of benzene rings is 1. The standard InChI is InChI=1S/C11H10FN3O2/c1-8(16)13-11-7-15(14-17-11)6-9-2-4-10(12)5-3-9/h2-5,7H,6H2,1H3/p+1. The Morgan fingerprint density at radius 3 is 2.82 bits per heavy atom. The van der Waals surface area contributed by atoms with Gasteiger partial charge in [0.15, 0.2) is 0 Å². The first-order chi connectivity index (χ1) is 8.13. The van der Waals surface area contributed by atoms with E-state index in [0.29, 0.717) is 6.54 Å². The van der Waals surface area contributed by atoms with Crippen LogP contribution in [-0.2, 0) is 11.3 Å². The Kier molecular flexibility index (Phi) is 3.13. The molecule has 2 rings (SSSR count). The average Bonchev–Trinajstić information content (AvgIpc) is 2.68. The Labute approximate surface area is 96.8 Å². The predicted octanol–water partition coefficient (Wildman–Crippen LogP) is 1.11. The lowest BCUT2D eigenvalue weighted by atomic mass is 10.2. The van der Waals surface area contributed by atoms with E-state index in [4.69, 9.17) is 4.52 Å². The van der Waals surface area contributed by atoms with Crippen LogP contribution in [0, 0.1) is 5.82 Å². The monoisotopic (exact) mass is 236 g/mol. The summed E-state index contributed by atoms with van der Waals surface area (Å²) < 4.78 is 19.1. The van der Waals surface area contributed by atoms with Crippen LogP contribution in [0.25, 0.3) is 0 Å². The molecule has 0 radical (unpaired) electrons. The number of carbonyl (C=O) groups excluding carboxylic acids is 1. The first kappa shape index (κ1) is 11.3. The lowest BCUT2D eigenvalue weighted by molar-refractivity contribution is -0.754. The highest BCUT2D eigenvalue weighted by atomic mass is 19.1. The molecule has 88 valence electrons. The zero-order valence-electron chi connectivity index (χ0n) is 9.18. The Morgan fingerprint density at radius 2 is 2.18 bits per heavy atom. The Bertz CT molecular complexity index is 522. The number of anilines is 1. The zero-order chi connectivity index (χ0) is 12.3. The van der Waals surface area contributed by atoms with Gasteiger partial charge >= 0.3 is 5.88 Å². The number of hydrogen-bond donors (Lipinski definition) is 1. The normalized spacial score (nSPS) is 10.2. The third-order valence-corrected chi connectivity index (χ3v) is 2.07. The minimum absolute atomic E-state index is 0.227. The Morgan fingerprint density at radius 1 is 1.47 bits per heavy atom. The maximum atomic E-state index is 12.7. The van der Waals surface area contributed by atoms with E-state index in [1.807, 2.05) is 0 Å². The van der Waals surface area contributed by atoms with E-state index in [1.165, 1.54) is 23.7 Å². The van der Waals surface area contributed by atoms with Crippen molar-refractivity contribution in [1.29, 1.82) is 0 Å². The molecule has 0 spiro atoms. The molecule has 0 bridgehead atoms. The third-order valence-electron chi connectivity index (χ3n) is 2.07. The molecule has 1 aromatic carbocycles. The highest BCUT2D eigenvalue weighted by molar-refractivity contribution is 5.86. The van der Waals surface area contributed by atoms with Gasteiger partial charge in [-0.3, -0.25) is 14.6 Å². The smallest absolute Gasteiger partial charge is 0.289 e. The van der Waals surface area contributed by atoms with Gasteiger partial charge in [0.2, 0.25) is 17.7 Å². The van der Waals surface area contributed by atoms with E-state index >= 15 is 0 Å². The predicted molar refractivity (Wildman–Crippen MR) is 56.5 cm³/mol. The summed E-state index contributed by atoms with van der Waals surface area (Å²) >= 11 is 0. The molecular formula is C11H11FN3O2+. The largest absolute Gasteiger partial charge is 0.302 e. The van der Waals surface area contributed by atoms with Gasteiger partial charge in [-0.1, -0.05) is 0 Å². The molecule has 0 fully saturated rings. The quantitative estimate of drug-likeness (QED) is 0.812. The highest BCUT2D eigenvalue weighted by Crippen LogP contribution is 2.04. The number of nitrogens with zero attached hydrogens (tertiary/aromatic N) is 2. The summed E-state index contributed by atoms with van der Waals surface area (Å²) in [5, 5.41) is 6.19. The van der Waals surface area contributed by atoms with Crippen LogP contribution in [0.15, 0.2) is 35.0 Å². The molecule has 5 nitrogen and oxygen atoms in total. The van der Waals surface area contributed by atoms with Crippen molar-refractivity contribution in [3.63, 3.8) is 0 Å². The minimum Gasteiger partial charge on any atom is -0.289 e. The molecule has 0 atom stereocenters. The second-order valence-corrected chi connectivity index (χ2v) is 3.57. The fourth-order valence-electron chi connectivity index (χ4n) is 1.36. The third kappa shape index (κ3) is 3.10. The van der Waals surface area contributed by atoms with Crippen LogP contribution >= 0.6 is 0 Å². The first-order valence-corrected chi connectivity index (χ1v) is 5.02. The van der Waals surface area contributed by atoms with Gasteiger partial charge in [-0.2, -0.15) is 0 Å². The molecule has 1 amide bonds. The van der Waals surface area contributed by atoms with Crippen LogP contribution in [0.5, 0.6) is 0 Å². The molecule has 0 saturated heterocycles. The highest BCUT2D eigenvalue weighted by Gasteiger charge is 2.12. The van der Waals surface area contributed by atoms with Crippen molar-refractivity contribution < 1.29 is 18.4 Å². The van der Waals surface area contributed by atoms with E-state index in [1.54, 1.807) is 18.3 Å². The van der Waals surface area contributed by atoms with Crippen molar-refractivity contribution in [2.45, 2.75) is 13.5 Å². The molecule has 2 aromatic rings. The molecular weight excluding hydrogens is 225 g/mol. The molecule has 0 aliphatic rings. The van der Waals surface area contributed by atoms with Crippen molar-refractivity contribution in [1.82, 2.24) is 5.27 Å². The molecule has 17 heavy (non-hydrogen) atoms. The fraction of sp³-hybridized carbons (Fsp3) is 0.182. The molecule has 1 heterocycles. The van der Waals surface area contributed by atoms with Gasteiger partial charge in [-0.15, -0.1) is 0 Å². The van der Waals surface area contributed by atoms with Crippen LogP contribution in [0.3, 0.4) is 0 Å². The average molecular weight is 236 g/mol. The van der Waals surface area contributed by atoms with Crippen molar-refractivity contribution >= 4 is 11.8 Å². The first-order valence-electron chi connectivity index (χ1n) is 5.02. The van der Waals surface area contributed by atoms with Crippen LogP contribution in [-0.4, -0.2) is 11.2 Å². The molecule has 1 N–H and O–H groups in total. The van der Waals surface area contributed by atoms with Crippen molar-refractivity contribution in [3.05, 3.63) is 41.8 Å². The molecule has 0 aliphatic heterocycles. The second-order valence-electron chi connectivity index (χ2n) is 3.57. The number of aromatic nitrogens is 2. The van der Waals surface area contributed by atoms with Gasteiger partial charge in [0, 0.05) is 12.5 Å². The lowest BCUT2D eigenvalue weighted by Gasteiger charge is -1.92. The summed E-state index contributed by atoms with van der Waals surface area (Å²) in [5.74, 6) is -0.229. The number of hydrogen-bond acceptors (Lipinski definition) is 3. The van der Waals surface area contributed by atoms with E-state index < -0.39 is 0 Å². The van der Waals surface area contributed by atoms with Crippen LogP contribution in [0.2, 0.25) is 0 Å². The van der Waals surface area contributed by atoms with Gasteiger partial charge < -0.3 is 0 Å². The molecule has 0 saturated carbocycles. The molecule has 1 aromatic heterocycles. The molecule has 6 heteroatoms. The summed E-state index contributed by atoms with van der Waals surface area (Å²) in [5.41, 5.74) is 0.888.